The van der Waals surface area contributed by atoms with Gasteiger partial charge in [-0.05, 0) is 30.5 Å². The van der Waals surface area contributed by atoms with E-state index in [0.29, 0.717) is 0 Å². The molecule has 24 heavy (non-hydrogen) atoms. The Labute approximate surface area is 148 Å². The van der Waals surface area contributed by atoms with Crippen molar-refractivity contribution >= 4 is 45.3 Å². The standard InChI is InChI=1S/C16H19NO5S2/c1-4-5-6-23-16-17-15-12(7-10(2)8-13(15)24-16)9-14(19)21-22-20-11(3)18/h7-8H,4-6,9H2,1-3H3. The van der Waals surface area contributed by atoms with E-state index in [2.05, 4.69) is 32.8 Å². The third-order valence-electron chi connectivity index (χ3n) is 3.04. The summed E-state index contributed by atoms with van der Waals surface area (Å²) in [4.78, 5) is 35.5. The van der Waals surface area contributed by atoms with E-state index in [1.807, 2.05) is 13.0 Å². The van der Waals surface area contributed by atoms with Gasteiger partial charge in [-0.2, -0.15) is 0 Å². The number of thiazole rings is 1. The number of carbonyl (C=O) groups excluding carboxylic acids is 2. The number of fused-ring (bicyclic) bond motifs is 1. The average Bonchev–Trinajstić information content (AvgIpc) is 2.90. The highest BCUT2D eigenvalue weighted by Gasteiger charge is 2.15. The molecule has 0 bridgehead atoms. The van der Waals surface area contributed by atoms with Gasteiger partial charge < -0.3 is 0 Å². The predicted molar refractivity (Wildman–Crippen MR) is 92.6 cm³/mol. The Morgan fingerprint density at radius 2 is 2.08 bits per heavy atom. The van der Waals surface area contributed by atoms with Crippen LogP contribution in [0.2, 0.25) is 0 Å². The van der Waals surface area contributed by atoms with Crippen molar-refractivity contribution < 1.29 is 24.4 Å². The van der Waals surface area contributed by atoms with Gasteiger partial charge in [0.25, 0.3) is 0 Å². The minimum atomic E-state index is -0.700. The first kappa shape index (κ1) is 18.7. The van der Waals surface area contributed by atoms with Gasteiger partial charge >= 0.3 is 11.9 Å². The van der Waals surface area contributed by atoms with Gasteiger partial charge in [0, 0.05) is 17.7 Å². The Morgan fingerprint density at radius 3 is 2.79 bits per heavy atom. The monoisotopic (exact) mass is 369 g/mol. The molecule has 0 spiro atoms. The number of unbranched alkanes of at least 4 members (excludes halogenated alkanes) is 1. The highest BCUT2D eigenvalue weighted by atomic mass is 32.2. The molecule has 6 nitrogen and oxygen atoms in total. The molecule has 8 heteroatoms. The lowest BCUT2D eigenvalue weighted by molar-refractivity contribution is -0.458. The van der Waals surface area contributed by atoms with Gasteiger partial charge in [0.2, 0.25) is 0 Å². The van der Waals surface area contributed by atoms with Crippen molar-refractivity contribution in [3.8, 4) is 0 Å². The Balaban J connectivity index is 2.10. The summed E-state index contributed by atoms with van der Waals surface area (Å²) in [5.41, 5.74) is 2.61. The maximum Gasteiger partial charge on any atom is 0.351 e. The first-order chi connectivity index (χ1) is 11.5. The van der Waals surface area contributed by atoms with Crippen LogP contribution >= 0.6 is 23.1 Å². The van der Waals surface area contributed by atoms with Crippen molar-refractivity contribution in [2.75, 3.05) is 5.75 Å². The molecule has 0 radical (unpaired) electrons. The molecule has 1 aromatic heterocycles. The normalized spacial score (nSPS) is 10.8. The zero-order chi connectivity index (χ0) is 17.5. The van der Waals surface area contributed by atoms with E-state index in [4.69, 9.17) is 0 Å². The molecular formula is C16H19NO5S2. The molecule has 0 aliphatic carbocycles. The minimum absolute atomic E-state index is 0.0117. The van der Waals surface area contributed by atoms with Crippen LogP contribution < -0.4 is 0 Å². The van der Waals surface area contributed by atoms with Crippen molar-refractivity contribution in [2.45, 2.75) is 44.4 Å². The van der Waals surface area contributed by atoms with Crippen LogP contribution in [0.4, 0.5) is 0 Å². The molecule has 0 N–H and O–H groups in total. The lowest BCUT2D eigenvalue weighted by Crippen LogP contribution is -2.11. The topological polar surface area (TPSA) is 74.7 Å². The van der Waals surface area contributed by atoms with Crippen LogP contribution in [0.1, 0.15) is 37.8 Å². The fraction of sp³-hybridized carbons (Fsp3) is 0.438. The van der Waals surface area contributed by atoms with Crippen LogP contribution in [-0.2, 0) is 30.8 Å². The van der Waals surface area contributed by atoms with E-state index in [0.717, 1.165) is 51.2 Å². The van der Waals surface area contributed by atoms with Crippen molar-refractivity contribution in [1.29, 1.82) is 0 Å². The van der Waals surface area contributed by atoms with Gasteiger partial charge in [-0.25, -0.2) is 14.6 Å². The van der Waals surface area contributed by atoms with Crippen molar-refractivity contribution in [2.24, 2.45) is 0 Å². The Hall–Kier alpha value is -1.64. The van der Waals surface area contributed by atoms with Gasteiger partial charge in [-0.1, -0.05) is 31.2 Å². The number of thioether (sulfide) groups is 1. The first-order valence-corrected chi connectivity index (χ1v) is 9.37. The zero-order valence-electron chi connectivity index (χ0n) is 13.8. The van der Waals surface area contributed by atoms with E-state index in [1.165, 1.54) is 0 Å². The Morgan fingerprint density at radius 1 is 1.29 bits per heavy atom. The summed E-state index contributed by atoms with van der Waals surface area (Å²) in [5, 5.41) is 4.12. The van der Waals surface area contributed by atoms with E-state index >= 15 is 0 Å². The van der Waals surface area contributed by atoms with Crippen LogP contribution in [0, 0.1) is 6.92 Å². The second kappa shape index (κ2) is 9.00. The van der Waals surface area contributed by atoms with Gasteiger partial charge in [0.15, 0.2) is 4.34 Å². The van der Waals surface area contributed by atoms with Gasteiger partial charge in [-0.15, -0.1) is 11.3 Å². The maximum absolute atomic E-state index is 11.8. The number of benzene rings is 1. The van der Waals surface area contributed by atoms with E-state index in [9.17, 15) is 9.59 Å². The number of aromatic nitrogens is 1. The maximum atomic E-state index is 11.8. The third-order valence-corrected chi connectivity index (χ3v) is 5.27. The SMILES string of the molecule is CCCCSc1nc2c(CC(=O)OOOC(C)=O)cc(C)cc2s1. The van der Waals surface area contributed by atoms with Crippen molar-refractivity contribution in [3.63, 3.8) is 0 Å². The fourth-order valence-electron chi connectivity index (χ4n) is 2.02. The van der Waals surface area contributed by atoms with Gasteiger partial charge in [0.1, 0.15) is 0 Å². The summed E-state index contributed by atoms with van der Waals surface area (Å²) in [7, 11) is 0. The number of hydrogen-bond donors (Lipinski definition) is 0. The number of carbonyl (C=O) groups is 2. The number of rotatable bonds is 8. The predicted octanol–water partition coefficient (Wildman–Crippen LogP) is 3.99. The van der Waals surface area contributed by atoms with Crippen LogP contribution in [-0.4, -0.2) is 22.7 Å². The molecular weight excluding hydrogens is 350 g/mol. The lowest BCUT2D eigenvalue weighted by atomic mass is 10.1. The number of nitrogens with zero attached hydrogens (tertiary/aromatic N) is 1. The van der Waals surface area contributed by atoms with Crippen LogP contribution in [0.25, 0.3) is 10.2 Å². The molecule has 2 aromatic rings. The lowest BCUT2D eigenvalue weighted by Gasteiger charge is -2.03. The molecule has 130 valence electrons. The molecule has 0 aliphatic heterocycles. The Bertz CT molecular complexity index is 729. The number of aryl methyl sites for hydroxylation is 1. The van der Waals surface area contributed by atoms with E-state index < -0.39 is 11.9 Å². The smallest absolute Gasteiger partial charge is 0.260 e. The van der Waals surface area contributed by atoms with Gasteiger partial charge in [0.05, 0.1) is 16.6 Å². The molecule has 0 unspecified atom stereocenters. The zero-order valence-corrected chi connectivity index (χ0v) is 15.4. The van der Waals surface area contributed by atoms with E-state index in [1.54, 1.807) is 23.1 Å². The highest BCUT2D eigenvalue weighted by molar-refractivity contribution is 8.01. The first-order valence-electron chi connectivity index (χ1n) is 7.57. The fourth-order valence-corrected chi connectivity index (χ4v) is 4.38. The van der Waals surface area contributed by atoms with Crippen LogP contribution in [0.15, 0.2) is 16.5 Å². The molecule has 0 amide bonds. The third kappa shape index (κ3) is 5.47. The van der Waals surface area contributed by atoms with Crippen molar-refractivity contribution in [1.82, 2.24) is 4.98 Å². The molecule has 0 saturated heterocycles. The van der Waals surface area contributed by atoms with Crippen molar-refractivity contribution in [3.05, 3.63) is 23.3 Å². The summed E-state index contributed by atoms with van der Waals surface area (Å²) in [6.45, 7) is 5.27. The molecule has 1 heterocycles. The molecule has 0 saturated carbocycles. The van der Waals surface area contributed by atoms with Crippen LogP contribution in [0.5, 0.6) is 0 Å². The second-order valence-corrected chi connectivity index (χ2v) is 7.60. The Kier molecular flexibility index (Phi) is 7.01. The molecule has 2 rings (SSSR count). The molecule has 1 aromatic carbocycles. The van der Waals surface area contributed by atoms with Crippen LogP contribution in [0.3, 0.4) is 0 Å². The quantitative estimate of drug-likeness (QED) is 0.301. The summed E-state index contributed by atoms with van der Waals surface area (Å²) in [6, 6.07) is 3.96. The minimum Gasteiger partial charge on any atom is -0.260 e. The highest BCUT2D eigenvalue weighted by Crippen LogP contribution is 2.33. The molecule has 0 atom stereocenters. The molecule has 0 fully saturated rings. The average molecular weight is 369 g/mol. The van der Waals surface area contributed by atoms with E-state index in [-0.39, 0.29) is 6.42 Å². The number of hydrogen-bond acceptors (Lipinski definition) is 8. The largest absolute Gasteiger partial charge is 0.351 e. The summed E-state index contributed by atoms with van der Waals surface area (Å²) in [5.74, 6) is -0.326. The van der Waals surface area contributed by atoms with Gasteiger partial charge in [-0.3, -0.25) is 9.78 Å². The second-order valence-electron chi connectivity index (χ2n) is 5.23. The summed E-state index contributed by atoms with van der Waals surface area (Å²) in [6.07, 6.45) is 2.28. The molecule has 0 aliphatic rings. The summed E-state index contributed by atoms with van der Waals surface area (Å²) >= 11 is 3.35. The summed E-state index contributed by atoms with van der Waals surface area (Å²) < 4.78 is 2.03.